The molecule has 1 aromatic rings. The SMILES string of the molecule is N#CC1(c2nc(C3CCOCC3)cs2)COC1. The molecule has 2 aliphatic heterocycles. The van der Waals surface area contributed by atoms with E-state index < -0.39 is 5.41 Å². The Kier molecular flexibility index (Phi) is 2.87. The Labute approximate surface area is 104 Å². The van der Waals surface area contributed by atoms with Gasteiger partial charge in [0.25, 0.3) is 0 Å². The zero-order valence-electron chi connectivity index (χ0n) is 9.52. The van der Waals surface area contributed by atoms with Crippen LogP contribution in [0.1, 0.15) is 29.5 Å². The lowest BCUT2D eigenvalue weighted by molar-refractivity contribution is -0.0299. The van der Waals surface area contributed by atoms with Gasteiger partial charge in [0.05, 0.1) is 25.0 Å². The van der Waals surface area contributed by atoms with Crippen LogP contribution in [0.25, 0.3) is 0 Å². The number of aromatic nitrogens is 1. The van der Waals surface area contributed by atoms with Crippen molar-refractivity contribution < 1.29 is 9.47 Å². The first-order valence-electron chi connectivity index (χ1n) is 5.87. The van der Waals surface area contributed by atoms with Crippen LogP contribution in [0.4, 0.5) is 0 Å². The smallest absolute Gasteiger partial charge is 0.155 e. The third kappa shape index (κ3) is 1.86. The van der Waals surface area contributed by atoms with Crippen molar-refractivity contribution in [2.24, 2.45) is 0 Å². The van der Waals surface area contributed by atoms with E-state index in [0.29, 0.717) is 19.1 Å². The molecule has 2 fully saturated rings. The van der Waals surface area contributed by atoms with Gasteiger partial charge >= 0.3 is 0 Å². The molecule has 0 unspecified atom stereocenters. The molecule has 5 heteroatoms. The van der Waals surface area contributed by atoms with Gasteiger partial charge in [-0.25, -0.2) is 4.98 Å². The van der Waals surface area contributed by atoms with Crippen LogP contribution in [0, 0.1) is 11.3 Å². The van der Waals surface area contributed by atoms with Gasteiger partial charge in [-0.05, 0) is 12.8 Å². The maximum atomic E-state index is 9.23. The minimum Gasteiger partial charge on any atom is -0.381 e. The van der Waals surface area contributed by atoms with Crippen LogP contribution < -0.4 is 0 Å². The van der Waals surface area contributed by atoms with Crippen LogP contribution in [0.5, 0.6) is 0 Å². The molecule has 1 aromatic heterocycles. The summed E-state index contributed by atoms with van der Waals surface area (Å²) < 4.78 is 10.5. The average Bonchev–Trinajstić information content (AvgIpc) is 2.80. The summed E-state index contributed by atoms with van der Waals surface area (Å²) in [6.45, 7) is 2.63. The van der Waals surface area contributed by atoms with Crippen molar-refractivity contribution in [1.29, 1.82) is 5.26 Å². The van der Waals surface area contributed by atoms with E-state index in [-0.39, 0.29) is 0 Å². The first-order chi connectivity index (χ1) is 8.34. The zero-order valence-corrected chi connectivity index (χ0v) is 10.3. The molecule has 0 saturated carbocycles. The second-order valence-electron chi connectivity index (χ2n) is 4.65. The molecule has 2 saturated heterocycles. The summed E-state index contributed by atoms with van der Waals surface area (Å²) in [6.07, 6.45) is 2.08. The topological polar surface area (TPSA) is 55.1 Å². The average molecular weight is 250 g/mol. The van der Waals surface area contributed by atoms with Crippen molar-refractivity contribution in [1.82, 2.24) is 4.98 Å². The lowest BCUT2D eigenvalue weighted by atomic mass is 9.88. The van der Waals surface area contributed by atoms with Crippen LogP contribution in [0.3, 0.4) is 0 Å². The molecule has 4 nitrogen and oxygen atoms in total. The van der Waals surface area contributed by atoms with Crippen molar-refractivity contribution in [3.05, 3.63) is 16.1 Å². The minimum absolute atomic E-state index is 0.464. The van der Waals surface area contributed by atoms with Gasteiger partial charge in [-0.1, -0.05) is 0 Å². The van der Waals surface area contributed by atoms with Gasteiger partial charge in [-0.3, -0.25) is 0 Å². The second-order valence-corrected chi connectivity index (χ2v) is 5.51. The monoisotopic (exact) mass is 250 g/mol. The quantitative estimate of drug-likeness (QED) is 0.803. The van der Waals surface area contributed by atoms with E-state index in [0.717, 1.165) is 36.8 Å². The molecule has 3 rings (SSSR count). The Balaban J connectivity index is 1.80. The first-order valence-corrected chi connectivity index (χ1v) is 6.75. The van der Waals surface area contributed by atoms with Crippen LogP contribution in [0.2, 0.25) is 0 Å². The molecular formula is C12H14N2O2S. The number of hydrogen-bond donors (Lipinski definition) is 0. The highest BCUT2D eigenvalue weighted by Crippen LogP contribution is 2.36. The third-order valence-electron chi connectivity index (χ3n) is 3.48. The van der Waals surface area contributed by atoms with Gasteiger partial charge in [-0.2, -0.15) is 5.26 Å². The summed E-state index contributed by atoms with van der Waals surface area (Å²) in [5.41, 5.74) is 0.670. The maximum absolute atomic E-state index is 9.23. The van der Waals surface area contributed by atoms with Gasteiger partial charge in [0, 0.05) is 24.5 Å². The molecule has 0 aliphatic carbocycles. The lowest BCUT2D eigenvalue weighted by Crippen LogP contribution is -2.45. The molecule has 0 amide bonds. The van der Waals surface area contributed by atoms with E-state index in [4.69, 9.17) is 9.47 Å². The standard InChI is InChI=1S/C12H14N2O2S/c13-6-12(7-16-8-12)11-14-10(5-17-11)9-1-3-15-4-2-9/h5,9H,1-4,7-8H2. The Morgan fingerprint density at radius 2 is 2.12 bits per heavy atom. The first kappa shape index (κ1) is 11.1. The Hall–Kier alpha value is -0.960. The summed E-state index contributed by atoms with van der Waals surface area (Å²) in [5.74, 6) is 0.505. The number of rotatable bonds is 2. The predicted molar refractivity (Wildman–Crippen MR) is 63.0 cm³/mol. The van der Waals surface area contributed by atoms with Gasteiger partial charge in [0.1, 0.15) is 5.01 Å². The predicted octanol–water partition coefficient (Wildman–Crippen LogP) is 1.83. The van der Waals surface area contributed by atoms with Crippen LogP contribution in [0.15, 0.2) is 5.38 Å². The minimum atomic E-state index is -0.464. The summed E-state index contributed by atoms with van der Waals surface area (Å²) in [5, 5.41) is 12.2. The van der Waals surface area contributed by atoms with Gasteiger partial charge < -0.3 is 9.47 Å². The Bertz CT molecular complexity index is 442. The second kappa shape index (κ2) is 4.37. The van der Waals surface area contributed by atoms with Crippen LogP contribution >= 0.6 is 11.3 Å². The van der Waals surface area contributed by atoms with E-state index in [9.17, 15) is 5.26 Å². The fraction of sp³-hybridized carbons (Fsp3) is 0.667. The molecule has 0 atom stereocenters. The fourth-order valence-corrected chi connectivity index (χ4v) is 3.25. The Morgan fingerprint density at radius 3 is 2.71 bits per heavy atom. The summed E-state index contributed by atoms with van der Waals surface area (Å²) in [6, 6.07) is 2.35. The highest BCUT2D eigenvalue weighted by molar-refractivity contribution is 7.09. The highest BCUT2D eigenvalue weighted by Gasteiger charge is 2.43. The largest absolute Gasteiger partial charge is 0.381 e. The number of ether oxygens (including phenoxy) is 2. The summed E-state index contributed by atoms with van der Waals surface area (Å²) in [7, 11) is 0. The molecule has 0 radical (unpaired) electrons. The van der Waals surface area contributed by atoms with Crippen molar-refractivity contribution in [2.75, 3.05) is 26.4 Å². The third-order valence-corrected chi connectivity index (χ3v) is 4.55. The van der Waals surface area contributed by atoms with E-state index in [1.165, 1.54) is 0 Å². The molecule has 17 heavy (non-hydrogen) atoms. The van der Waals surface area contributed by atoms with Crippen molar-refractivity contribution in [3.63, 3.8) is 0 Å². The van der Waals surface area contributed by atoms with E-state index in [1.807, 2.05) is 0 Å². The maximum Gasteiger partial charge on any atom is 0.155 e. The molecule has 0 bridgehead atoms. The molecule has 0 spiro atoms. The van der Waals surface area contributed by atoms with Crippen LogP contribution in [-0.2, 0) is 14.9 Å². The Morgan fingerprint density at radius 1 is 1.35 bits per heavy atom. The van der Waals surface area contributed by atoms with Gasteiger partial charge in [0.15, 0.2) is 5.41 Å². The van der Waals surface area contributed by atoms with Crippen molar-refractivity contribution in [2.45, 2.75) is 24.2 Å². The number of nitrogens with zero attached hydrogens (tertiary/aromatic N) is 2. The lowest BCUT2D eigenvalue weighted by Gasteiger charge is -2.32. The molecule has 0 N–H and O–H groups in total. The van der Waals surface area contributed by atoms with E-state index in [1.54, 1.807) is 11.3 Å². The molecule has 2 aliphatic rings. The number of thiazole rings is 1. The number of hydrogen-bond acceptors (Lipinski definition) is 5. The highest BCUT2D eigenvalue weighted by atomic mass is 32.1. The van der Waals surface area contributed by atoms with E-state index >= 15 is 0 Å². The molecule has 90 valence electrons. The summed E-state index contributed by atoms with van der Waals surface area (Å²) in [4.78, 5) is 4.66. The van der Waals surface area contributed by atoms with Gasteiger partial charge in [-0.15, -0.1) is 11.3 Å². The summed E-state index contributed by atoms with van der Waals surface area (Å²) >= 11 is 1.60. The van der Waals surface area contributed by atoms with Crippen molar-refractivity contribution in [3.8, 4) is 6.07 Å². The number of nitriles is 1. The molecular weight excluding hydrogens is 236 g/mol. The van der Waals surface area contributed by atoms with Crippen LogP contribution in [-0.4, -0.2) is 31.4 Å². The molecule has 0 aromatic carbocycles. The van der Waals surface area contributed by atoms with Crippen molar-refractivity contribution >= 4 is 11.3 Å². The fourth-order valence-electron chi connectivity index (χ4n) is 2.23. The zero-order chi connectivity index (χ0) is 11.7. The van der Waals surface area contributed by atoms with Gasteiger partial charge in [0.2, 0.25) is 0 Å². The molecule has 3 heterocycles. The normalized spacial score (nSPS) is 23.9. The van der Waals surface area contributed by atoms with E-state index in [2.05, 4.69) is 16.4 Å².